The maximum atomic E-state index is 12.2. The highest BCUT2D eigenvalue weighted by atomic mass is 35.5. The Kier molecular flexibility index (Phi) is 9.02. The second-order valence-electron chi connectivity index (χ2n) is 6.82. The Hall–Kier alpha value is -3.39. The second kappa shape index (κ2) is 11.7. The summed E-state index contributed by atoms with van der Waals surface area (Å²) in [7, 11) is 0. The van der Waals surface area contributed by atoms with Gasteiger partial charge in [0.2, 0.25) is 0 Å². The molecule has 0 aliphatic rings. The Morgan fingerprint density at radius 3 is 2.65 bits per heavy atom. The molecule has 164 valence electrons. The SMILES string of the molecule is CC[C@@H](C)NC(=O)C(=O)N/N=C\c1ccccc1OCC(=O)Nc1cc(Cl)ccc1C. The van der Waals surface area contributed by atoms with E-state index in [9.17, 15) is 14.4 Å². The lowest BCUT2D eigenvalue weighted by Crippen LogP contribution is -2.41. The third-order valence-electron chi connectivity index (χ3n) is 4.32. The van der Waals surface area contributed by atoms with E-state index in [4.69, 9.17) is 16.3 Å². The number of benzene rings is 2. The minimum atomic E-state index is -0.869. The van der Waals surface area contributed by atoms with Crippen molar-refractivity contribution in [2.45, 2.75) is 33.2 Å². The molecule has 31 heavy (non-hydrogen) atoms. The molecule has 2 aromatic rings. The van der Waals surface area contributed by atoms with Gasteiger partial charge in [-0.3, -0.25) is 14.4 Å². The van der Waals surface area contributed by atoms with Crippen LogP contribution in [0.15, 0.2) is 47.6 Å². The van der Waals surface area contributed by atoms with E-state index in [1.54, 1.807) is 43.3 Å². The summed E-state index contributed by atoms with van der Waals surface area (Å²) in [6.45, 7) is 5.32. The minimum absolute atomic E-state index is 0.113. The monoisotopic (exact) mass is 444 g/mol. The van der Waals surface area contributed by atoms with E-state index in [1.807, 2.05) is 19.9 Å². The Bertz CT molecular complexity index is 978. The zero-order valence-electron chi connectivity index (χ0n) is 17.6. The molecular weight excluding hydrogens is 420 g/mol. The standard InChI is InChI=1S/C22H25ClN4O4/c1-4-15(3)25-21(29)22(30)27-24-12-16-7-5-6-8-19(16)31-13-20(28)26-18-11-17(23)10-9-14(18)2/h5-12,15H,4,13H2,1-3H3,(H,25,29)(H,26,28)(H,27,30)/b24-12-/t15-/m1/s1. The molecule has 0 aliphatic carbocycles. The molecule has 0 radical (unpaired) electrons. The van der Waals surface area contributed by atoms with Gasteiger partial charge in [0.1, 0.15) is 5.75 Å². The van der Waals surface area contributed by atoms with Gasteiger partial charge in [-0.2, -0.15) is 5.10 Å². The number of aryl methyl sites for hydroxylation is 1. The van der Waals surface area contributed by atoms with E-state index < -0.39 is 11.8 Å². The highest BCUT2D eigenvalue weighted by Gasteiger charge is 2.14. The van der Waals surface area contributed by atoms with Gasteiger partial charge in [-0.15, -0.1) is 0 Å². The van der Waals surface area contributed by atoms with E-state index in [2.05, 4.69) is 21.2 Å². The number of nitrogens with one attached hydrogen (secondary N) is 3. The molecule has 2 rings (SSSR count). The first-order chi connectivity index (χ1) is 14.8. The van der Waals surface area contributed by atoms with Crippen LogP contribution in [0.1, 0.15) is 31.4 Å². The van der Waals surface area contributed by atoms with Gasteiger partial charge < -0.3 is 15.4 Å². The van der Waals surface area contributed by atoms with Crippen LogP contribution in [0.3, 0.4) is 0 Å². The molecule has 2 aromatic carbocycles. The zero-order chi connectivity index (χ0) is 22.8. The molecule has 8 nitrogen and oxygen atoms in total. The number of carbonyl (C=O) groups is 3. The number of anilines is 1. The fourth-order valence-electron chi connectivity index (χ4n) is 2.38. The number of rotatable bonds is 8. The average Bonchev–Trinajstić information content (AvgIpc) is 2.75. The number of para-hydroxylation sites is 1. The van der Waals surface area contributed by atoms with E-state index in [0.717, 1.165) is 5.56 Å². The number of ether oxygens (including phenoxy) is 1. The Balaban J connectivity index is 1.93. The number of hydrogen-bond donors (Lipinski definition) is 3. The predicted molar refractivity (Wildman–Crippen MR) is 120 cm³/mol. The van der Waals surface area contributed by atoms with Crippen LogP contribution in [-0.2, 0) is 14.4 Å². The van der Waals surface area contributed by atoms with E-state index in [-0.39, 0.29) is 18.6 Å². The van der Waals surface area contributed by atoms with Crippen molar-refractivity contribution in [2.75, 3.05) is 11.9 Å². The second-order valence-corrected chi connectivity index (χ2v) is 7.25. The van der Waals surface area contributed by atoms with Gasteiger partial charge in [0.25, 0.3) is 5.91 Å². The van der Waals surface area contributed by atoms with Crippen LogP contribution >= 0.6 is 11.6 Å². The summed E-state index contributed by atoms with van der Waals surface area (Å²) in [4.78, 5) is 35.7. The quantitative estimate of drug-likeness (QED) is 0.330. The van der Waals surface area contributed by atoms with Crippen molar-refractivity contribution in [3.63, 3.8) is 0 Å². The van der Waals surface area contributed by atoms with Crippen LogP contribution in [0.2, 0.25) is 5.02 Å². The largest absolute Gasteiger partial charge is 0.483 e. The molecule has 0 heterocycles. The van der Waals surface area contributed by atoms with Crippen LogP contribution in [0.5, 0.6) is 5.75 Å². The zero-order valence-corrected chi connectivity index (χ0v) is 18.3. The molecular formula is C22H25ClN4O4. The third kappa shape index (κ3) is 7.75. The van der Waals surface area contributed by atoms with Crippen LogP contribution in [-0.4, -0.2) is 36.6 Å². The lowest BCUT2D eigenvalue weighted by molar-refractivity contribution is -0.139. The fourth-order valence-corrected chi connectivity index (χ4v) is 2.55. The van der Waals surface area contributed by atoms with Gasteiger partial charge >= 0.3 is 11.8 Å². The van der Waals surface area contributed by atoms with Gasteiger partial charge in [0.15, 0.2) is 6.61 Å². The maximum Gasteiger partial charge on any atom is 0.329 e. The smallest absolute Gasteiger partial charge is 0.329 e. The molecule has 3 N–H and O–H groups in total. The summed E-state index contributed by atoms with van der Waals surface area (Å²) < 4.78 is 5.59. The van der Waals surface area contributed by atoms with Crippen molar-refractivity contribution in [2.24, 2.45) is 5.10 Å². The molecule has 0 aliphatic heterocycles. The topological polar surface area (TPSA) is 109 Å². The Morgan fingerprint density at radius 2 is 1.90 bits per heavy atom. The molecule has 0 bridgehead atoms. The molecule has 0 unspecified atom stereocenters. The number of nitrogens with zero attached hydrogens (tertiary/aromatic N) is 1. The normalized spacial score (nSPS) is 11.6. The average molecular weight is 445 g/mol. The number of carbonyl (C=O) groups excluding carboxylic acids is 3. The molecule has 0 saturated heterocycles. The lowest BCUT2D eigenvalue weighted by Gasteiger charge is -2.11. The highest BCUT2D eigenvalue weighted by Crippen LogP contribution is 2.20. The van der Waals surface area contributed by atoms with Crippen molar-refractivity contribution in [3.05, 3.63) is 58.6 Å². The maximum absolute atomic E-state index is 12.2. The van der Waals surface area contributed by atoms with E-state index in [1.165, 1.54) is 6.21 Å². The molecule has 0 fully saturated rings. The molecule has 9 heteroatoms. The van der Waals surface area contributed by atoms with Crippen LogP contribution < -0.4 is 20.8 Å². The van der Waals surface area contributed by atoms with Crippen molar-refractivity contribution in [3.8, 4) is 5.75 Å². The lowest BCUT2D eigenvalue weighted by atomic mass is 10.2. The van der Waals surface area contributed by atoms with Crippen molar-refractivity contribution in [1.82, 2.24) is 10.7 Å². The highest BCUT2D eigenvalue weighted by molar-refractivity contribution is 6.35. The van der Waals surface area contributed by atoms with Crippen molar-refractivity contribution >= 4 is 41.2 Å². The summed E-state index contributed by atoms with van der Waals surface area (Å²) in [6, 6.07) is 12.0. The van der Waals surface area contributed by atoms with Gasteiger partial charge in [-0.25, -0.2) is 5.43 Å². The summed E-state index contributed by atoms with van der Waals surface area (Å²) in [5, 5.41) is 9.60. The molecule has 0 spiro atoms. The number of halogens is 1. The van der Waals surface area contributed by atoms with Gasteiger partial charge in [-0.05, 0) is 50.1 Å². The summed E-state index contributed by atoms with van der Waals surface area (Å²) in [5.41, 5.74) is 4.17. The van der Waals surface area contributed by atoms with Gasteiger partial charge in [0.05, 0.1) is 6.21 Å². The Labute approximate surface area is 186 Å². The van der Waals surface area contributed by atoms with Crippen molar-refractivity contribution < 1.29 is 19.1 Å². The summed E-state index contributed by atoms with van der Waals surface area (Å²) >= 11 is 5.96. The van der Waals surface area contributed by atoms with E-state index >= 15 is 0 Å². The first-order valence-electron chi connectivity index (χ1n) is 9.71. The van der Waals surface area contributed by atoms with Gasteiger partial charge in [-0.1, -0.05) is 36.7 Å². The first kappa shape index (κ1) is 23.9. The van der Waals surface area contributed by atoms with Crippen LogP contribution in [0.4, 0.5) is 5.69 Å². The van der Waals surface area contributed by atoms with Gasteiger partial charge in [0, 0.05) is 22.3 Å². The number of hydrazone groups is 1. The summed E-state index contributed by atoms with van der Waals surface area (Å²) in [6.07, 6.45) is 2.04. The minimum Gasteiger partial charge on any atom is -0.483 e. The first-order valence-corrected chi connectivity index (χ1v) is 10.1. The molecule has 0 saturated carbocycles. The molecule has 1 atom stereocenters. The molecule has 3 amide bonds. The summed E-state index contributed by atoms with van der Waals surface area (Å²) in [5.74, 6) is -1.59. The predicted octanol–water partition coefficient (Wildman–Crippen LogP) is 3.03. The molecule has 0 aromatic heterocycles. The number of hydrogen-bond acceptors (Lipinski definition) is 5. The van der Waals surface area contributed by atoms with Crippen LogP contribution in [0.25, 0.3) is 0 Å². The third-order valence-corrected chi connectivity index (χ3v) is 4.55. The van der Waals surface area contributed by atoms with Crippen molar-refractivity contribution in [1.29, 1.82) is 0 Å². The van der Waals surface area contributed by atoms with Crippen LogP contribution in [0, 0.1) is 6.92 Å². The number of amides is 3. The van der Waals surface area contributed by atoms with E-state index in [0.29, 0.717) is 28.4 Å². The Morgan fingerprint density at radius 1 is 1.16 bits per heavy atom. The fraction of sp³-hybridized carbons (Fsp3) is 0.273.